The topological polar surface area (TPSA) is 91.1 Å². The van der Waals surface area contributed by atoms with Crippen molar-refractivity contribution in [3.05, 3.63) is 30.0 Å². The molecular weight excluding hydrogens is 254 g/mol. The third kappa shape index (κ3) is 2.49. The second-order valence-electron chi connectivity index (χ2n) is 6.13. The quantitative estimate of drug-likeness (QED) is 0.646. The molecule has 2 aromatic rings. The monoisotopic (exact) mass is 275 g/mol. The number of benzene rings is 1. The van der Waals surface area contributed by atoms with Crippen LogP contribution in [0, 0.1) is 0 Å². The minimum absolute atomic E-state index is 0.271. The van der Waals surface area contributed by atoms with Crippen LogP contribution in [0.5, 0.6) is 0 Å². The van der Waals surface area contributed by atoms with Gasteiger partial charge >= 0.3 is 0 Å². The first kappa shape index (κ1) is 14.4. The van der Waals surface area contributed by atoms with Crippen molar-refractivity contribution in [2.75, 3.05) is 5.73 Å². The Morgan fingerprint density at radius 3 is 2.50 bits per heavy atom. The highest BCUT2D eigenvalue weighted by atomic mass is 16.3. The van der Waals surface area contributed by atoms with Gasteiger partial charge < -0.3 is 21.1 Å². The van der Waals surface area contributed by atoms with Crippen LogP contribution in [0.2, 0.25) is 0 Å². The van der Waals surface area contributed by atoms with Crippen molar-refractivity contribution in [3.63, 3.8) is 0 Å². The van der Waals surface area contributed by atoms with E-state index in [4.69, 9.17) is 5.73 Å². The van der Waals surface area contributed by atoms with Crippen molar-refractivity contribution in [2.45, 2.75) is 38.8 Å². The third-order valence-electron chi connectivity index (χ3n) is 3.89. The summed E-state index contributed by atoms with van der Waals surface area (Å²) in [5, 5.41) is 13.8. The van der Waals surface area contributed by atoms with Crippen LogP contribution < -0.4 is 11.1 Å². The Morgan fingerprint density at radius 2 is 1.95 bits per heavy atom. The lowest BCUT2D eigenvalue weighted by atomic mass is 9.86. The third-order valence-corrected chi connectivity index (χ3v) is 3.89. The molecule has 1 amide bonds. The lowest BCUT2D eigenvalue weighted by Crippen LogP contribution is -2.57. The Kier molecular flexibility index (Phi) is 3.26. The van der Waals surface area contributed by atoms with Crippen LogP contribution in [0.1, 0.15) is 38.2 Å². The van der Waals surface area contributed by atoms with E-state index in [1.807, 2.05) is 12.1 Å². The molecule has 5 nitrogen and oxygen atoms in total. The average Bonchev–Trinajstić information content (AvgIpc) is 2.72. The summed E-state index contributed by atoms with van der Waals surface area (Å²) in [7, 11) is 0. The van der Waals surface area contributed by atoms with E-state index in [2.05, 4.69) is 10.3 Å². The molecule has 1 aromatic carbocycles. The van der Waals surface area contributed by atoms with Gasteiger partial charge in [0.25, 0.3) is 5.91 Å². The van der Waals surface area contributed by atoms with Gasteiger partial charge in [-0.05, 0) is 39.8 Å². The number of carbonyl (C=O) groups is 1. The standard InChI is InChI=1S/C15H21N3O2/c1-14(2,15(3,4)20)18-13(19)11-8-9-6-5-7-10(16)12(9)17-11/h5-8,17,20H,16H2,1-4H3,(H,18,19). The highest BCUT2D eigenvalue weighted by Crippen LogP contribution is 2.23. The number of hydrogen-bond acceptors (Lipinski definition) is 3. The van der Waals surface area contributed by atoms with Crippen molar-refractivity contribution in [2.24, 2.45) is 0 Å². The number of carbonyl (C=O) groups excluding carboxylic acids is 1. The van der Waals surface area contributed by atoms with Gasteiger partial charge in [-0.1, -0.05) is 12.1 Å². The smallest absolute Gasteiger partial charge is 0.268 e. The molecule has 5 heteroatoms. The highest BCUT2D eigenvalue weighted by molar-refractivity contribution is 6.01. The number of aromatic nitrogens is 1. The van der Waals surface area contributed by atoms with Crippen molar-refractivity contribution in [1.82, 2.24) is 10.3 Å². The molecule has 5 N–H and O–H groups in total. The fraction of sp³-hybridized carbons (Fsp3) is 0.400. The summed E-state index contributed by atoms with van der Waals surface area (Å²) >= 11 is 0. The number of rotatable bonds is 3. The number of nitrogens with one attached hydrogen (secondary N) is 2. The van der Waals surface area contributed by atoms with E-state index >= 15 is 0 Å². The van der Waals surface area contributed by atoms with Gasteiger partial charge in [0.05, 0.1) is 22.3 Å². The molecular formula is C15H21N3O2. The fourth-order valence-electron chi connectivity index (χ4n) is 1.81. The van der Waals surface area contributed by atoms with Crippen LogP contribution in [-0.4, -0.2) is 27.1 Å². The van der Waals surface area contributed by atoms with Crippen molar-refractivity contribution >= 4 is 22.5 Å². The average molecular weight is 275 g/mol. The molecule has 0 radical (unpaired) electrons. The second-order valence-corrected chi connectivity index (χ2v) is 6.13. The van der Waals surface area contributed by atoms with Gasteiger partial charge in [-0.15, -0.1) is 0 Å². The molecule has 0 saturated heterocycles. The van der Waals surface area contributed by atoms with Gasteiger partial charge in [-0.2, -0.15) is 0 Å². The molecule has 0 unspecified atom stereocenters. The van der Waals surface area contributed by atoms with Crippen LogP contribution >= 0.6 is 0 Å². The lowest BCUT2D eigenvalue weighted by molar-refractivity contribution is -0.00300. The van der Waals surface area contributed by atoms with Gasteiger partial charge in [-0.25, -0.2) is 0 Å². The molecule has 1 heterocycles. The molecule has 0 atom stereocenters. The van der Waals surface area contributed by atoms with E-state index in [1.165, 1.54) is 0 Å². The zero-order valence-corrected chi connectivity index (χ0v) is 12.2. The largest absolute Gasteiger partial charge is 0.397 e. The van der Waals surface area contributed by atoms with E-state index in [1.54, 1.807) is 39.8 Å². The zero-order chi connectivity index (χ0) is 15.1. The van der Waals surface area contributed by atoms with Gasteiger partial charge in [0.2, 0.25) is 0 Å². The van der Waals surface area contributed by atoms with E-state index < -0.39 is 11.1 Å². The summed E-state index contributed by atoms with van der Waals surface area (Å²) in [5.74, 6) is -0.271. The van der Waals surface area contributed by atoms with Crippen LogP contribution in [0.15, 0.2) is 24.3 Å². The van der Waals surface area contributed by atoms with Crippen molar-refractivity contribution in [3.8, 4) is 0 Å². The number of aliphatic hydroxyl groups is 1. The summed E-state index contributed by atoms with van der Waals surface area (Å²) in [6.07, 6.45) is 0. The van der Waals surface area contributed by atoms with Crippen molar-refractivity contribution in [1.29, 1.82) is 0 Å². The molecule has 0 bridgehead atoms. The fourth-order valence-corrected chi connectivity index (χ4v) is 1.81. The lowest BCUT2D eigenvalue weighted by Gasteiger charge is -2.37. The van der Waals surface area contributed by atoms with Gasteiger partial charge in [0, 0.05) is 5.39 Å². The number of para-hydroxylation sites is 1. The van der Waals surface area contributed by atoms with Crippen LogP contribution in [-0.2, 0) is 0 Å². The molecule has 0 aliphatic heterocycles. The van der Waals surface area contributed by atoms with Crippen LogP contribution in [0.25, 0.3) is 10.9 Å². The first-order chi connectivity index (χ1) is 9.12. The van der Waals surface area contributed by atoms with Crippen LogP contribution in [0.3, 0.4) is 0 Å². The maximum atomic E-state index is 12.3. The number of nitrogen functional groups attached to an aromatic ring is 1. The maximum Gasteiger partial charge on any atom is 0.268 e. The Morgan fingerprint density at radius 1 is 1.30 bits per heavy atom. The van der Waals surface area contributed by atoms with E-state index in [-0.39, 0.29) is 5.91 Å². The minimum atomic E-state index is -1.03. The Balaban J connectivity index is 2.31. The minimum Gasteiger partial charge on any atom is -0.397 e. The molecule has 108 valence electrons. The van der Waals surface area contributed by atoms with Gasteiger partial charge in [0.15, 0.2) is 0 Å². The predicted molar refractivity (Wildman–Crippen MR) is 80.6 cm³/mol. The molecule has 20 heavy (non-hydrogen) atoms. The molecule has 0 aliphatic rings. The zero-order valence-electron chi connectivity index (χ0n) is 12.2. The number of hydrogen-bond donors (Lipinski definition) is 4. The maximum absolute atomic E-state index is 12.3. The summed E-state index contributed by atoms with van der Waals surface area (Å²) in [6.45, 7) is 6.89. The summed E-state index contributed by atoms with van der Waals surface area (Å²) in [6, 6.07) is 7.26. The number of H-pyrrole nitrogens is 1. The van der Waals surface area contributed by atoms with Gasteiger partial charge in [-0.3, -0.25) is 4.79 Å². The number of fused-ring (bicyclic) bond motifs is 1. The van der Waals surface area contributed by atoms with E-state index in [9.17, 15) is 9.90 Å². The predicted octanol–water partition coefficient (Wildman–Crippen LogP) is 2.03. The number of aromatic amines is 1. The summed E-state index contributed by atoms with van der Waals surface area (Å²) < 4.78 is 0. The Labute approximate surface area is 118 Å². The van der Waals surface area contributed by atoms with E-state index in [0.717, 1.165) is 10.9 Å². The molecule has 0 fully saturated rings. The second kappa shape index (κ2) is 4.52. The first-order valence-corrected chi connectivity index (χ1v) is 6.54. The molecule has 2 rings (SSSR count). The van der Waals surface area contributed by atoms with E-state index in [0.29, 0.717) is 11.4 Å². The number of anilines is 1. The SMILES string of the molecule is CC(C)(O)C(C)(C)NC(=O)c1cc2cccc(N)c2[nH]1. The molecule has 0 spiro atoms. The highest BCUT2D eigenvalue weighted by Gasteiger charge is 2.36. The number of amides is 1. The number of nitrogens with two attached hydrogens (primary N) is 1. The molecule has 1 aromatic heterocycles. The Hall–Kier alpha value is -2.01. The molecule has 0 aliphatic carbocycles. The summed E-state index contributed by atoms with van der Waals surface area (Å²) in [5.41, 5.74) is 5.85. The Bertz CT molecular complexity index is 651. The normalized spacial score (nSPS) is 12.7. The van der Waals surface area contributed by atoms with Crippen LogP contribution in [0.4, 0.5) is 5.69 Å². The van der Waals surface area contributed by atoms with Gasteiger partial charge in [0.1, 0.15) is 5.69 Å². The molecule has 0 saturated carbocycles. The van der Waals surface area contributed by atoms with Crippen molar-refractivity contribution < 1.29 is 9.90 Å². The first-order valence-electron chi connectivity index (χ1n) is 6.54. The summed E-state index contributed by atoms with van der Waals surface area (Å²) in [4.78, 5) is 15.3.